The van der Waals surface area contributed by atoms with Crippen molar-refractivity contribution in [3.8, 4) is 5.69 Å². The number of benzene rings is 1. The summed E-state index contributed by atoms with van der Waals surface area (Å²) in [6.07, 6.45) is -1.97. The van der Waals surface area contributed by atoms with Gasteiger partial charge in [-0.2, -0.15) is 18.3 Å². The zero-order valence-corrected chi connectivity index (χ0v) is 15.4. The molecule has 0 saturated carbocycles. The number of aryl methyl sites for hydroxylation is 1. The van der Waals surface area contributed by atoms with E-state index in [1.807, 2.05) is 0 Å². The van der Waals surface area contributed by atoms with Crippen molar-refractivity contribution in [3.63, 3.8) is 0 Å². The Morgan fingerprint density at radius 1 is 1.23 bits per heavy atom. The predicted molar refractivity (Wildman–Crippen MR) is 95.7 cm³/mol. The molecule has 3 rings (SSSR count). The van der Waals surface area contributed by atoms with E-state index in [0.29, 0.717) is 0 Å². The first-order chi connectivity index (χ1) is 14.5. The summed E-state index contributed by atoms with van der Waals surface area (Å²) in [4.78, 5) is 34.7. The van der Waals surface area contributed by atoms with Crippen LogP contribution in [0, 0.1) is 12.7 Å². The second-order valence-corrected chi connectivity index (χ2v) is 5.59. The minimum atomic E-state index is -5.08. The summed E-state index contributed by atoms with van der Waals surface area (Å²) in [6.45, 7) is 1.50. The largest absolute Gasteiger partial charge is 0.490 e. The van der Waals surface area contributed by atoms with E-state index >= 15 is 0 Å². The van der Waals surface area contributed by atoms with Crippen LogP contribution in [-0.2, 0) is 4.79 Å². The number of carbonyl (C=O) groups excluding carboxylic acids is 1. The second-order valence-electron chi connectivity index (χ2n) is 5.59. The maximum Gasteiger partial charge on any atom is 0.490 e. The van der Waals surface area contributed by atoms with E-state index in [0.717, 1.165) is 6.07 Å². The monoisotopic (exact) mass is 443 g/mol. The van der Waals surface area contributed by atoms with Crippen LogP contribution < -0.4 is 16.4 Å². The minimum absolute atomic E-state index is 0.0346. The molecule has 0 aliphatic rings. The summed E-state index contributed by atoms with van der Waals surface area (Å²) in [5, 5.41) is 18.3. The van der Waals surface area contributed by atoms with Gasteiger partial charge in [0, 0.05) is 18.0 Å². The van der Waals surface area contributed by atoms with Crippen LogP contribution in [0.25, 0.3) is 5.69 Å². The van der Waals surface area contributed by atoms with Crippen LogP contribution in [0.15, 0.2) is 41.5 Å². The van der Waals surface area contributed by atoms with Crippen LogP contribution in [0.1, 0.15) is 16.1 Å². The Kier molecular flexibility index (Phi) is 7.02. The molecule has 3 aromatic rings. The van der Waals surface area contributed by atoms with Gasteiger partial charge in [-0.15, -0.1) is 10.2 Å². The van der Waals surface area contributed by atoms with Gasteiger partial charge in [0.15, 0.2) is 0 Å². The first kappa shape index (κ1) is 23.0. The first-order valence-electron chi connectivity index (χ1n) is 8.08. The molecular formula is C16H13F4N7O4. The number of alkyl halides is 3. The third-order valence-electron chi connectivity index (χ3n) is 3.36. The van der Waals surface area contributed by atoms with E-state index in [-0.39, 0.29) is 22.9 Å². The number of aromatic amines is 1. The number of hydrogen-bond donors (Lipinski definition) is 4. The Morgan fingerprint density at radius 3 is 2.42 bits per heavy atom. The van der Waals surface area contributed by atoms with Crippen molar-refractivity contribution in [1.82, 2.24) is 30.4 Å². The minimum Gasteiger partial charge on any atom is -0.475 e. The summed E-state index contributed by atoms with van der Waals surface area (Å²) in [7, 11) is 0. The van der Waals surface area contributed by atoms with Crippen LogP contribution in [0.5, 0.6) is 0 Å². The molecule has 0 aliphatic carbocycles. The SMILES string of the molecule is Cc1nnc(NNC(=O)c2ccc(-n3cccn3)c(F)c2)[nH]c1=O.O=C(O)C(F)(F)F. The Hall–Kier alpha value is -4.30. The van der Waals surface area contributed by atoms with Crippen LogP contribution in [-0.4, -0.2) is 48.1 Å². The fourth-order valence-corrected chi connectivity index (χ4v) is 1.88. The molecule has 2 aromatic heterocycles. The molecule has 0 spiro atoms. The molecule has 0 radical (unpaired) electrons. The normalized spacial score (nSPS) is 10.6. The van der Waals surface area contributed by atoms with E-state index in [1.165, 1.54) is 29.9 Å². The molecule has 1 aromatic carbocycles. The Balaban J connectivity index is 0.000000423. The number of nitrogens with one attached hydrogen (secondary N) is 3. The molecule has 0 unspecified atom stereocenters. The number of aromatic nitrogens is 5. The van der Waals surface area contributed by atoms with Gasteiger partial charge in [0.25, 0.3) is 11.5 Å². The van der Waals surface area contributed by atoms with Crippen LogP contribution >= 0.6 is 0 Å². The fraction of sp³-hybridized carbons (Fsp3) is 0.125. The van der Waals surface area contributed by atoms with Gasteiger partial charge in [-0.25, -0.2) is 13.9 Å². The number of carboxylic acid groups (broad SMARTS) is 1. The van der Waals surface area contributed by atoms with E-state index in [9.17, 15) is 27.2 Å². The highest BCUT2D eigenvalue weighted by molar-refractivity contribution is 5.94. The lowest BCUT2D eigenvalue weighted by atomic mass is 10.2. The summed E-state index contributed by atoms with van der Waals surface area (Å²) < 4.78 is 47.2. The quantitative estimate of drug-likeness (QED) is 0.346. The van der Waals surface area contributed by atoms with Crippen molar-refractivity contribution in [3.05, 3.63) is 64.1 Å². The van der Waals surface area contributed by atoms with Crippen molar-refractivity contribution in [2.24, 2.45) is 0 Å². The standard InChI is InChI=1S/C14H12FN7O2.C2HF3O2/c1-8-12(23)17-14(20-18-8)21-19-13(24)9-3-4-11(10(15)7-9)22-6-2-5-16-22;3-2(4,5)1(6)7/h2-7H,1H3,(H,19,24)(H2,17,20,21,23);(H,6,7). The fourth-order valence-electron chi connectivity index (χ4n) is 1.88. The van der Waals surface area contributed by atoms with Crippen LogP contribution in [0.2, 0.25) is 0 Å². The number of H-pyrrole nitrogens is 1. The van der Waals surface area contributed by atoms with Gasteiger partial charge < -0.3 is 5.11 Å². The summed E-state index contributed by atoms with van der Waals surface area (Å²) in [5.41, 5.74) is 4.76. The molecular weight excluding hydrogens is 430 g/mol. The van der Waals surface area contributed by atoms with E-state index in [4.69, 9.17) is 9.90 Å². The topological polar surface area (TPSA) is 155 Å². The number of anilines is 1. The van der Waals surface area contributed by atoms with Crippen molar-refractivity contribution < 1.29 is 32.3 Å². The number of hydrogen-bond acceptors (Lipinski definition) is 7. The second kappa shape index (κ2) is 9.47. The number of amides is 1. The van der Waals surface area contributed by atoms with Gasteiger partial charge in [0.1, 0.15) is 17.2 Å². The highest BCUT2D eigenvalue weighted by Crippen LogP contribution is 2.14. The smallest absolute Gasteiger partial charge is 0.475 e. The number of rotatable bonds is 4. The molecule has 31 heavy (non-hydrogen) atoms. The van der Waals surface area contributed by atoms with Gasteiger partial charge in [-0.3, -0.25) is 25.4 Å². The lowest BCUT2D eigenvalue weighted by Crippen LogP contribution is -2.32. The molecule has 2 heterocycles. The molecule has 1 amide bonds. The summed E-state index contributed by atoms with van der Waals surface area (Å²) in [5.74, 6) is -4.00. The molecule has 0 aliphatic heterocycles. The average molecular weight is 443 g/mol. The van der Waals surface area contributed by atoms with Crippen LogP contribution in [0.3, 0.4) is 0 Å². The molecule has 0 fully saturated rings. The number of halogens is 4. The third-order valence-corrected chi connectivity index (χ3v) is 3.36. The summed E-state index contributed by atoms with van der Waals surface area (Å²) in [6, 6.07) is 5.62. The van der Waals surface area contributed by atoms with Crippen molar-refractivity contribution in [1.29, 1.82) is 0 Å². The predicted octanol–water partition coefficient (Wildman–Crippen LogP) is 1.19. The van der Waals surface area contributed by atoms with E-state index in [1.54, 1.807) is 12.3 Å². The van der Waals surface area contributed by atoms with Gasteiger partial charge in [0.2, 0.25) is 5.95 Å². The number of hydrazine groups is 1. The number of aliphatic carboxylic acids is 1. The van der Waals surface area contributed by atoms with Gasteiger partial charge in [0.05, 0.1) is 0 Å². The molecule has 0 bridgehead atoms. The maximum atomic E-state index is 14.1. The molecule has 164 valence electrons. The lowest BCUT2D eigenvalue weighted by Gasteiger charge is -2.08. The van der Waals surface area contributed by atoms with Gasteiger partial charge in [-0.05, 0) is 31.2 Å². The molecule has 0 saturated heterocycles. The Morgan fingerprint density at radius 2 is 1.90 bits per heavy atom. The summed E-state index contributed by atoms with van der Waals surface area (Å²) >= 11 is 0. The average Bonchev–Trinajstić information content (AvgIpc) is 3.22. The number of carboxylic acids is 1. The molecule has 0 atom stereocenters. The molecule has 15 heteroatoms. The number of nitrogens with zero attached hydrogens (tertiary/aromatic N) is 4. The van der Waals surface area contributed by atoms with Crippen molar-refractivity contribution >= 4 is 17.8 Å². The van der Waals surface area contributed by atoms with Crippen molar-refractivity contribution in [2.75, 3.05) is 5.43 Å². The highest BCUT2D eigenvalue weighted by Gasteiger charge is 2.38. The van der Waals surface area contributed by atoms with Crippen molar-refractivity contribution in [2.45, 2.75) is 13.1 Å². The molecule has 4 N–H and O–H groups in total. The zero-order chi connectivity index (χ0) is 23.2. The first-order valence-corrected chi connectivity index (χ1v) is 8.08. The lowest BCUT2D eigenvalue weighted by molar-refractivity contribution is -0.192. The maximum absolute atomic E-state index is 14.1. The Labute approximate surface area is 169 Å². The Bertz CT molecular complexity index is 1130. The zero-order valence-electron chi connectivity index (χ0n) is 15.4. The van der Waals surface area contributed by atoms with E-state index < -0.39 is 29.4 Å². The third kappa shape index (κ3) is 6.34. The molecule has 11 nitrogen and oxygen atoms in total. The number of carbonyl (C=O) groups is 2. The van der Waals surface area contributed by atoms with E-state index in [2.05, 4.69) is 31.1 Å². The van der Waals surface area contributed by atoms with Gasteiger partial charge in [-0.1, -0.05) is 0 Å². The highest BCUT2D eigenvalue weighted by atomic mass is 19.4. The van der Waals surface area contributed by atoms with Gasteiger partial charge >= 0.3 is 12.1 Å². The van der Waals surface area contributed by atoms with Crippen LogP contribution in [0.4, 0.5) is 23.5 Å².